The highest BCUT2D eigenvalue weighted by Gasteiger charge is 2.07. The molecule has 5 nitrogen and oxygen atoms in total. The second-order valence-electron chi connectivity index (χ2n) is 6.44. The average molecular weight is 346 g/mol. The third-order valence-corrected chi connectivity index (χ3v) is 4.34. The summed E-state index contributed by atoms with van der Waals surface area (Å²) in [7, 11) is 0. The van der Waals surface area contributed by atoms with Crippen LogP contribution >= 0.6 is 0 Å². The van der Waals surface area contributed by atoms with Gasteiger partial charge in [0.05, 0.1) is 5.69 Å². The molecule has 0 saturated heterocycles. The van der Waals surface area contributed by atoms with Crippen LogP contribution in [0.1, 0.15) is 34.3 Å². The summed E-state index contributed by atoms with van der Waals surface area (Å²) in [6.07, 6.45) is 0. The summed E-state index contributed by atoms with van der Waals surface area (Å²) in [6, 6.07) is 19.4. The smallest absolute Gasteiger partial charge is 0.248 e. The first-order valence-corrected chi connectivity index (χ1v) is 8.57. The Bertz CT molecular complexity index is 889. The zero-order valence-corrected chi connectivity index (χ0v) is 14.9. The molecule has 3 N–H and O–H groups in total. The Hall–Kier alpha value is -3.21. The molecule has 1 aromatic heterocycles. The molecule has 0 spiro atoms. The summed E-state index contributed by atoms with van der Waals surface area (Å²) in [5, 5.41) is 11.8. The number of aromatic nitrogens is 2. The van der Waals surface area contributed by atoms with Gasteiger partial charge in [-0.15, -0.1) is 10.2 Å². The molecule has 1 heterocycles. The van der Waals surface area contributed by atoms with E-state index >= 15 is 0 Å². The second kappa shape index (κ2) is 7.78. The van der Waals surface area contributed by atoms with E-state index in [1.807, 2.05) is 18.2 Å². The lowest BCUT2D eigenvalue weighted by Gasteiger charge is -2.13. The second-order valence-corrected chi connectivity index (χ2v) is 6.44. The van der Waals surface area contributed by atoms with Crippen molar-refractivity contribution < 1.29 is 4.79 Å². The van der Waals surface area contributed by atoms with Crippen molar-refractivity contribution in [3.63, 3.8) is 0 Å². The van der Waals surface area contributed by atoms with Gasteiger partial charge in [-0.3, -0.25) is 4.79 Å². The Kier molecular flexibility index (Phi) is 5.27. The Morgan fingerprint density at radius 2 is 1.85 bits per heavy atom. The van der Waals surface area contributed by atoms with Gasteiger partial charge in [0, 0.05) is 17.7 Å². The number of primary amides is 1. The summed E-state index contributed by atoms with van der Waals surface area (Å²) in [6.45, 7) is 5.03. The largest absolute Gasteiger partial charge is 0.368 e. The molecule has 1 atom stereocenters. The Labute approximate surface area is 153 Å². The van der Waals surface area contributed by atoms with Gasteiger partial charge in [0.25, 0.3) is 0 Å². The van der Waals surface area contributed by atoms with Gasteiger partial charge in [-0.25, -0.2) is 0 Å². The van der Waals surface area contributed by atoms with Crippen LogP contribution in [0.25, 0.3) is 11.3 Å². The molecule has 3 rings (SSSR count). The lowest BCUT2D eigenvalue weighted by Crippen LogP contribution is -2.11. The van der Waals surface area contributed by atoms with Gasteiger partial charge in [-0.05, 0) is 42.7 Å². The zero-order valence-electron chi connectivity index (χ0n) is 14.9. The Balaban J connectivity index is 1.65. The first-order chi connectivity index (χ1) is 12.5. The van der Waals surface area contributed by atoms with Crippen molar-refractivity contribution in [2.45, 2.75) is 19.8 Å². The number of anilines is 1. The maximum absolute atomic E-state index is 11.3. The van der Waals surface area contributed by atoms with E-state index in [-0.39, 0.29) is 0 Å². The molecular weight excluding hydrogens is 324 g/mol. The van der Waals surface area contributed by atoms with E-state index in [0.29, 0.717) is 17.2 Å². The molecule has 0 aliphatic heterocycles. The van der Waals surface area contributed by atoms with Gasteiger partial charge in [-0.1, -0.05) is 48.9 Å². The summed E-state index contributed by atoms with van der Waals surface area (Å²) >= 11 is 0. The van der Waals surface area contributed by atoms with Gasteiger partial charge in [0.2, 0.25) is 5.91 Å². The number of hydrogen-bond acceptors (Lipinski definition) is 4. The zero-order chi connectivity index (χ0) is 18.5. The fraction of sp³-hybridized carbons (Fsp3) is 0.190. The summed E-state index contributed by atoms with van der Waals surface area (Å²) < 4.78 is 0. The predicted octanol–water partition coefficient (Wildman–Crippen LogP) is 3.77. The van der Waals surface area contributed by atoms with Crippen LogP contribution in [0.5, 0.6) is 0 Å². The van der Waals surface area contributed by atoms with Gasteiger partial charge in [0.1, 0.15) is 5.82 Å². The van der Waals surface area contributed by atoms with E-state index in [1.165, 1.54) is 11.1 Å². The topological polar surface area (TPSA) is 80.9 Å². The third kappa shape index (κ3) is 4.25. The maximum atomic E-state index is 11.3. The SMILES string of the molecule is Cc1ccc([C@@H](C)CNc2ccc(-c3cccc(C(N)=O)c3)nn2)cc1. The molecule has 5 heteroatoms. The van der Waals surface area contributed by atoms with Crippen LogP contribution in [-0.2, 0) is 0 Å². The highest BCUT2D eigenvalue weighted by Crippen LogP contribution is 2.20. The molecule has 0 bridgehead atoms. The molecule has 1 amide bonds. The third-order valence-electron chi connectivity index (χ3n) is 4.34. The lowest BCUT2D eigenvalue weighted by atomic mass is 10.00. The summed E-state index contributed by atoms with van der Waals surface area (Å²) in [4.78, 5) is 11.3. The van der Waals surface area contributed by atoms with Gasteiger partial charge in [0.15, 0.2) is 0 Å². The van der Waals surface area contributed by atoms with Crippen LogP contribution in [0.4, 0.5) is 5.82 Å². The minimum absolute atomic E-state index is 0.365. The number of nitrogens with one attached hydrogen (secondary N) is 1. The standard InChI is InChI=1S/C21H22N4O/c1-14-6-8-16(9-7-14)15(2)13-23-20-11-10-19(24-25-20)17-4-3-5-18(12-17)21(22)26/h3-12,15H,13H2,1-2H3,(H2,22,26)(H,23,25)/t15-/m0/s1. The van der Waals surface area contributed by atoms with Crippen molar-refractivity contribution in [1.82, 2.24) is 10.2 Å². The first kappa shape index (κ1) is 17.6. The molecule has 3 aromatic rings. The summed E-state index contributed by atoms with van der Waals surface area (Å²) in [5.41, 5.74) is 9.84. The van der Waals surface area contributed by atoms with Crippen molar-refractivity contribution >= 4 is 11.7 Å². The number of nitrogens with two attached hydrogens (primary N) is 1. The average Bonchev–Trinajstić information content (AvgIpc) is 2.67. The van der Waals surface area contributed by atoms with E-state index in [2.05, 4.69) is 53.6 Å². The quantitative estimate of drug-likeness (QED) is 0.712. The highest BCUT2D eigenvalue weighted by molar-refractivity contribution is 5.93. The van der Waals surface area contributed by atoms with Crippen molar-refractivity contribution in [2.75, 3.05) is 11.9 Å². The van der Waals surface area contributed by atoms with Gasteiger partial charge in [-0.2, -0.15) is 0 Å². The van der Waals surface area contributed by atoms with Crippen molar-refractivity contribution in [2.24, 2.45) is 5.73 Å². The summed E-state index contributed by atoms with van der Waals surface area (Å²) in [5.74, 6) is 0.631. The minimum atomic E-state index is -0.455. The number of aryl methyl sites for hydroxylation is 1. The molecule has 132 valence electrons. The van der Waals surface area contributed by atoms with Crippen LogP contribution in [0.3, 0.4) is 0 Å². The van der Waals surface area contributed by atoms with E-state index < -0.39 is 5.91 Å². The van der Waals surface area contributed by atoms with Gasteiger partial charge >= 0.3 is 0 Å². The molecule has 0 saturated carbocycles. The van der Waals surface area contributed by atoms with Crippen LogP contribution in [0.2, 0.25) is 0 Å². The number of nitrogens with zero attached hydrogens (tertiary/aromatic N) is 2. The Morgan fingerprint density at radius 1 is 1.08 bits per heavy atom. The minimum Gasteiger partial charge on any atom is -0.368 e. The monoisotopic (exact) mass is 346 g/mol. The predicted molar refractivity (Wildman–Crippen MR) is 104 cm³/mol. The van der Waals surface area contributed by atoms with Crippen molar-refractivity contribution in [3.05, 3.63) is 77.4 Å². The molecule has 0 aliphatic carbocycles. The number of benzene rings is 2. The number of carbonyl (C=O) groups excluding carboxylic acids is 1. The van der Waals surface area contributed by atoms with Crippen LogP contribution in [-0.4, -0.2) is 22.6 Å². The molecular formula is C21H22N4O. The molecule has 0 unspecified atom stereocenters. The number of rotatable bonds is 6. The van der Waals surface area contributed by atoms with Crippen molar-refractivity contribution in [1.29, 1.82) is 0 Å². The van der Waals surface area contributed by atoms with Crippen molar-refractivity contribution in [3.8, 4) is 11.3 Å². The molecule has 0 radical (unpaired) electrons. The van der Waals surface area contributed by atoms with Crippen LogP contribution in [0.15, 0.2) is 60.7 Å². The van der Waals surface area contributed by atoms with Crippen LogP contribution in [0, 0.1) is 6.92 Å². The Morgan fingerprint density at radius 3 is 2.50 bits per heavy atom. The van der Waals surface area contributed by atoms with Crippen LogP contribution < -0.4 is 11.1 Å². The number of carbonyl (C=O) groups is 1. The lowest BCUT2D eigenvalue weighted by molar-refractivity contribution is 0.100. The number of amides is 1. The normalized spacial score (nSPS) is 11.8. The fourth-order valence-corrected chi connectivity index (χ4v) is 2.68. The first-order valence-electron chi connectivity index (χ1n) is 8.57. The van der Waals surface area contributed by atoms with E-state index in [1.54, 1.807) is 18.2 Å². The van der Waals surface area contributed by atoms with E-state index in [0.717, 1.165) is 17.9 Å². The number of hydrogen-bond donors (Lipinski definition) is 2. The molecule has 26 heavy (non-hydrogen) atoms. The molecule has 0 fully saturated rings. The van der Waals surface area contributed by atoms with E-state index in [4.69, 9.17) is 5.73 Å². The fourth-order valence-electron chi connectivity index (χ4n) is 2.68. The molecule has 0 aliphatic rings. The highest BCUT2D eigenvalue weighted by atomic mass is 16.1. The van der Waals surface area contributed by atoms with E-state index in [9.17, 15) is 4.79 Å². The molecule has 2 aromatic carbocycles. The maximum Gasteiger partial charge on any atom is 0.248 e. The van der Waals surface area contributed by atoms with Gasteiger partial charge < -0.3 is 11.1 Å².